The highest BCUT2D eigenvalue weighted by Gasteiger charge is 2.31. The monoisotopic (exact) mass is 368 g/mol. The van der Waals surface area contributed by atoms with Crippen molar-refractivity contribution < 1.29 is 9.90 Å². The Hall–Kier alpha value is -2.30. The van der Waals surface area contributed by atoms with Crippen LogP contribution in [-0.4, -0.2) is 33.5 Å². The van der Waals surface area contributed by atoms with Gasteiger partial charge in [-0.25, -0.2) is 0 Å². The fourth-order valence-electron chi connectivity index (χ4n) is 3.77. The van der Waals surface area contributed by atoms with Gasteiger partial charge in [-0.15, -0.1) is 0 Å². The number of carbonyl (C=O) groups is 1. The van der Waals surface area contributed by atoms with E-state index in [4.69, 9.17) is 11.6 Å². The molecule has 1 aliphatic rings. The number of aliphatic hydroxyl groups excluding tert-OH is 1. The summed E-state index contributed by atoms with van der Waals surface area (Å²) >= 11 is 5.91. The van der Waals surface area contributed by atoms with Gasteiger partial charge < -0.3 is 15.0 Å². The van der Waals surface area contributed by atoms with E-state index in [1.165, 1.54) is 10.9 Å². The van der Waals surface area contributed by atoms with Gasteiger partial charge in [-0.3, -0.25) is 4.79 Å². The number of para-hydroxylation sites is 1. The minimum Gasteiger partial charge on any atom is -0.394 e. The van der Waals surface area contributed by atoms with Crippen LogP contribution in [0.1, 0.15) is 23.2 Å². The second-order valence-electron chi connectivity index (χ2n) is 6.82. The molecule has 4 rings (SSSR count). The summed E-state index contributed by atoms with van der Waals surface area (Å²) < 4.78 is 0. The van der Waals surface area contributed by atoms with Crippen LogP contribution in [0.3, 0.4) is 0 Å². The molecule has 0 fully saturated rings. The number of aromatic nitrogens is 1. The molecule has 26 heavy (non-hydrogen) atoms. The Morgan fingerprint density at radius 1 is 1.19 bits per heavy atom. The van der Waals surface area contributed by atoms with Crippen molar-refractivity contribution in [2.24, 2.45) is 0 Å². The quantitative estimate of drug-likeness (QED) is 0.737. The first-order valence-corrected chi connectivity index (χ1v) is 9.26. The van der Waals surface area contributed by atoms with Crippen LogP contribution in [0.15, 0.2) is 48.5 Å². The maximum atomic E-state index is 12.8. The molecule has 0 spiro atoms. The van der Waals surface area contributed by atoms with E-state index in [0.29, 0.717) is 30.8 Å². The molecule has 4 nitrogen and oxygen atoms in total. The molecule has 0 bridgehead atoms. The molecule has 3 aromatic rings. The summed E-state index contributed by atoms with van der Waals surface area (Å²) in [7, 11) is 0. The molecule has 1 unspecified atom stereocenters. The van der Waals surface area contributed by atoms with E-state index in [2.05, 4.69) is 11.1 Å². The first-order valence-electron chi connectivity index (χ1n) is 8.89. The third-order valence-electron chi connectivity index (χ3n) is 5.18. The lowest BCUT2D eigenvalue weighted by molar-refractivity contribution is -0.135. The van der Waals surface area contributed by atoms with Crippen LogP contribution in [0.4, 0.5) is 0 Å². The van der Waals surface area contributed by atoms with Gasteiger partial charge in [0, 0.05) is 28.0 Å². The van der Waals surface area contributed by atoms with Crippen molar-refractivity contribution in [1.82, 2.24) is 9.88 Å². The van der Waals surface area contributed by atoms with Crippen molar-refractivity contribution in [3.8, 4) is 0 Å². The summed E-state index contributed by atoms with van der Waals surface area (Å²) in [5.74, 6) is 0.0725. The second kappa shape index (κ2) is 7.14. The van der Waals surface area contributed by atoms with Crippen LogP contribution in [0.25, 0.3) is 10.9 Å². The third kappa shape index (κ3) is 3.22. The Morgan fingerprint density at radius 3 is 2.73 bits per heavy atom. The van der Waals surface area contributed by atoms with Crippen LogP contribution in [0.5, 0.6) is 0 Å². The number of H-pyrrole nitrogens is 1. The number of halogens is 1. The molecule has 2 N–H and O–H groups in total. The molecule has 2 aromatic carbocycles. The fraction of sp³-hybridized carbons (Fsp3) is 0.286. The predicted molar refractivity (Wildman–Crippen MR) is 103 cm³/mol. The van der Waals surface area contributed by atoms with Crippen LogP contribution >= 0.6 is 11.6 Å². The van der Waals surface area contributed by atoms with Crippen LogP contribution in [-0.2, 0) is 24.2 Å². The molecule has 134 valence electrons. The van der Waals surface area contributed by atoms with Gasteiger partial charge in [-0.1, -0.05) is 41.9 Å². The van der Waals surface area contributed by atoms with Crippen LogP contribution in [0.2, 0.25) is 5.02 Å². The first kappa shape index (κ1) is 17.1. The van der Waals surface area contributed by atoms with Gasteiger partial charge in [0.1, 0.15) is 0 Å². The van der Waals surface area contributed by atoms with Gasteiger partial charge in [0.15, 0.2) is 0 Å². The Balaban J connectivity index is 1.52. The first-order chi connectivity index (χ1) is 12.7. The van der Waals surface area contributed by atoms with Gasteiger partial charge in [0.05, 0.1) is 19.2 Å². The number of aliphatic hydroxyl groups is 1. The van der Waals surface area contributed by atoms with Gasteiger partial charge in [0.25, 0.3) is 0 Å². The van der Waals surface area contributed by atoms with E-state index in [9.17, 15) is 9.90 Å². The number of rotatable bonds is 4. The number of fused-ring (bicyclic) bond motifs is 3. The van der Waals surface area contributed by atoms with E-state index in [0.717, 1.165) is 16.8 Å². The molecular weight excluding hydrogens is 348 g/mol. The lowest BCUT2D eigenvalue weighted by Gasteiger charge is -2.35. The number of hydrogen-bond donors (Lipinski definition) is 2. The summed E-state index contributed by atoms with van der Waals surface area (Å²) in [6.45, 7) is 0.500. The zero-order valence-electron chi connectivity index (χ0n) is 14.4. The number of benzene rings is 2. The molecule has 0 saturated carbocycles. The fourth-order valence-corrected chi connectivity index (χ4v) is 3.90. The summed E-state index contributed by atoms with van der Waals surface area (Å²) in [4.78, 5) is 18.1. The van der Waals surface area contributed by atoms with Gasteiger partial charge in [0.2, 0.25) is 5.91 Å². The summed E-state index contributed by atoms with van der Waals surface area (Å²) in [5, 5.41) is 11.7. The molecule has 2 heterocycles. The molecule has 0 saturated heterocycles. The summed E-state index contributed by atoms with van der Waals surface area (Å²) in [5.41, 5.74) is 4.48. The number of hydrogen-bond acceptors (Lipinski definition) is 2. The topological polar surface area (TPSA) is 56.3 Å². The van der Waals surface area contributed by atoms with Gasteiger partial charge >= 0.3 is 0 Å². The molecule has 0 radical (unpaired) electrons. The third-order valence-corrected chi connectivity index (χ3v) is 5.43. The highest BCUT2D eigenvalue weighted by Crippen LogP contribution is 2.30. The van der Waals surface area contributed by atoms with E-state index in [1.807, 2.05) is 47.4 Å². The Labute approximate surface area is 157 Å². The minimum absolute atomic E-state index is 0.0222. The average Bonchev–Trinajstić information content (AvgIpc) is 3.03. The summed E-state index contributed by atoms with van der Waals surface area (Å²) in [6.07, 6.45) is 1.78. The maximum Gasteiger partial charge on any atom is 0.223 e. The van der Waals surface area contributed by atoms with Crippen LogP contribution < -0.4 is 0 Å². The summed E-state index contributed by atoms with van der Waals surface area (Å²) in [6, 6.07) is 15.6. The van der Waals surface area contributed by atoms with Crippen molar-refractivity contribution in [2.45, 2.75) is 31.8 Å². The maximum absolute atomic E-state index is 12.8. The molecule has 1 aliphatic heterocycles. The van der Waals surface area contributed by atoms with Crippen molar-refractivity contribution >= 4 is 28.4 Å². The Kier molecular flexibility index (Phi) is 4.70. The molecule has 5 heteroatoms. The Morgan fingerprint density at radius 2 is 1.96 bits per heavy atom. The van der Waals surface area contributed by atoms with Crippen molar-refractivity contribution in [3.05, 3.63) is 70.4 Å². The van der Waals surface area contributed by atoms with E-state index in [-0.39, 0.29) is 18.6 Å². The molecule has 1 amide bonds. The zero-order valence-corrected chi connectivity index (χ0v) is 15.2. The number of aryl methyl sites for hydroxylation is 1. The number of aromatic amines is 1. The lowest BCUT2D eigenvalue weighted by Crippen LogP contribution is -2.46. The highest BCUT2D eigenvalue weighted by atomic mass is 35.5. The minimum atomic E-state index is -0.167. The number of nitrogens with one attached hydrogen (secondary N) is 1. The average molecular weight is 369 g/mol. The molecule has 0 aliphatic carbocycles. The van der Waals surface area contributed by atoms with Crippen molar-refractivity contribution in [1.29, 1.82) is 0 Å². The second-order valence-corrected chi connectivity index (χ2v) is 7.25. The zero-order chi connectivity index (χ0) is 18.1. The predicted octanol–water partition coefficient (Wildman–Crippen LogP) is 3.70. The highest BCUT2D eigenvalue weighted by molar-refractivity contribution is 6.30. The van der Waals surface area contributed by atoms with Crippen molar-refractivity contribution in [2.75, 3.05) is 6.61 Å². The van der Waals surface area contributed by atoms with Gasteiger partial charge in [-0.2, -0.15) is 0 Å². The van der Waals surface area contributed by atoms with E-state index < -0.39 is 0 Å². The standard InChI is InChI=1S/C21H21ClN2O2/c22-15-8-5-14(6-9-15)7-10-21(26)24-12-20-18(11-16(24)13-25)17-3-1-2-4-19(17)23-20/h1-6,8-9,16,23,25H,7,10-13H2. The van der Waals surface area contributed by atoms with Gasteiger partial charge in [-0.05, 0) is 42.2 Å². The Bertz CT molecular complexity index is 933. The SMILES string of the molecule is O=C(CCc1ccc(Cl)cc1)N1Cc2[nH]c3ccccc3c2CC1CO. The molecule has 1 atom stereocenters. The number of carbonyl (C=O) groups excluding carboxylic acids is 1. The molecular formula is C21H21ClN2O2. The van der Waals surface area contributed by atoms with Crippen molar-refractivity contribution in [3.63, 3.8) is 0 Å². The lowest BCUT2D eigenvalue weighted by atomic mass is 9.96. The normalized spacial score (nSPS) is 16.7. The van der Waals surface area contributed by atoms with E-state index in [1.54, 1.807) is 0 Å². The molecule has 1 aromatic heterocycles. The smallest absolute Gasteiger partial charge is 0.223 e. The number of nitrogens with zero attached hydrogens (tertiary/aromatic N) is 1. The number of amides is 1. The van der Waals surface area contributed by atoms with E-state index >= 15 is 0 Å². The van der Waals surface area contributed by atoms with Crippen LogP contribution in [0, 0.1) is 0 Å². The largest absolute Gasteiger partial charge is 0.394 e.